The summed E-state index contributed by atoms with van der Waals surface area (Å²) in [5.74, 6) is -2.80. The predicted octanol–water partition coefficient (Wildman–Crippen LogP) is 0.738. The van der Waals surface area contributed by atoms with E-state index in [1.807, 2.05) is 0 Å². The van der Waals surface area contributed by atoms with Crippen molar-refractivity contribution in [1.82, 2.24) is 0 Å². The number of carboxylic acid groups (broad SMARTS) is 1. The molecule has 0 heterocycles. The van der Waals surface area contributed by atoms with E-state index in [0.717, 1.165) is 0 Å². The summed E-state index contributed by atoms with van der Waals surface area (Å²) >= 11 is 11.4. The number of aliphatic hydroxyl groups is 2. The second-order valence-electron chi connectivity index (χ2n) is 3.34. The molecule has 0 fully saturated rings. The van der Waals surface area contributed by atoms with Gasteiger partial charge in [0, 0.05) is 5.02 Å². The number of anilines is 1. The lowest BCUT2D eigenvalue weighted by atomic mass is 10.2. The number of aliphatic carboxylic acids is 1. The van der Waals surface area contributed by atoms with Gasteiger partial charge in [-0.05, 0) is 18.2 Å². The quantitative estimate of drug-likeness (QED) is 0.655. The van der Waals surface area contributed by atoms with Crippen molar-refractivity contribution in [3.8, 4) is 0 Å². The average Bonchev–Trinajstić information content (AvgIpc) is 2.30. The molecule has 2 atom stereocenters. The molecule has 1 aromatic rings. The van der Waals surface area contributed by atoms with Crippen LogP contribution in [0.4, 0.5) is 5.69 Å². The molecule has 1 rings (SSSR count). The number of benzene rings is 1. The van der Waals surface area contributed by atoms with Gasteiger partial charge in [-0.2, -0.15) is 0 Å². The Hall–Kier alpha value is -1.34. The first kappa shape index (κ1) is 14.7. The minimum absolute atomic E-state index is 0.118. The lowest BCUT2D eigenvalue weighted by molar-refractivity contribution is -0.156. The van der Waals surface area contributed by atoms with Crippen LogP contribution in [0.1, 0.15) is 0 Å². The van der Waals surface area contributed by atoms with E-state index < -0.39 is 24.1 Å². The van der Waals surface area contributed by atoms with Crippen molar-refractivity contribution >= 4 is 40.8 Å². The third kappa shape index (κ3) is 3.58. The monoisotopic (exact) mass is 293 g/mol. The van der Waals surface area contributed by atoms with Gasteiger partial charge in [-0.3, -0.25) is 4.79 Å². The number of hydrogen-bond acceptors (Lipinski definition) is 4. The van der Waals surface area contributed by atoms with Crippen molar-refractivity contribution < 1.29 is 24.9 Å². The number of aliphatic hydroxyl groups excluding tert-OH is 2. The van der Waals surface area contributed by atoms with Crippen molar-refractivity contribution in [3.63, 3.8) is 0 Å². The second-order valence-corrected chi connectivity index (χ2v) is 4.18. The number of hydrogen-bond donors (Lipinski definition) is 4. The molecule has 0 unspecified atom stereocenters. The Kier molecular flexibility index (Phi) is 4.92. The minimum atomic E-state index is -2.21. The zero-order chi connectivity index (χ0) is 13.9. The standard InChI is InChI=1S/C10H9Cl2NO5/c11-4-1-2-6(5(12)3-4)13-9(16)7(14)8(15)10(17)18/h1-3,7-8,14-15H,(H,13,16)(H,17,18)/t7-,8-/m1/s1. The lowest BCUT2D eigenvalue weighted by Crippen LogP contribution is -2.42. The number of carbonyl (C=O) groups excluding carboxylic acids is 1. The SMILES string of the molecule is O=C(O)[C@H](O)[C@@H](O)C(=O)Nc1ccc(Cl)cc1Cl. The molecule has 4 N–H and O–H groups in total. The Balaban J connectivity index is 2.78. The van der Waals surface area contributed by atoms with Crippen LogP contribution in [0.3, 0.4) is 0 Å². The third-order valence-corrected chi connectivity index (χ3v) is 2.56. The van der Waals surface area contributed by atoms with Gasteiger partial charge in [0.2, 0.25) is 0 Å². The Morgan fingerprint density at radius 2 is 1.78 bits per heavy atom. The molecular formula is C10H9Cl2NO5. The van der Waals surface area contributed by atoms with E-state index >= 15 is 0 Å². The Bertz CT molecular complexity index is 479. The molecule has 0 saturated carbocycles. The first-order chi connectivity index (χ1) is 8.32. The molecule has 18 heavy (non-hydrogen) atoms. The molecule has 0 aliphatic carbocycles. The highest BCUT2D eigenvalue weighted by atomic mass is 35.5. The molecule has 6 nitrogen and oxygen atoms in total. The summed E-state index contributed by atoms with van der Waals surface area (Å²) in [6, 6.07) is 4.18. The third-order valence-electron chi connectivity index (χ3n) is 2.01. The van der Waals surface area contributed by atoms with Crippen molar-refractivity contribution in [3.05, 3.63) is 28.2 Å². The molecule has 8 heteroatoms. The molecule has 0 aromatic heterocycles. The molecule has 98 valence electrons. The Labute approximate surface area is 112 Å². The van der Waals surface area contributed by atoms with Crippen molar-refractivity contribution in [1.29, 1.82) is 0 Å². The molecule has 0 saturated heterocycles. The summed E-state index contributed by atoms with van der Waals surface area (Å²) in [5, 5.41) is 29.3. The summed E-state index contributed by atoms with van der Waals surface area (Å²) in [4.78, 5) is 21.8. The highest BCUT2D eigenvalue weighted by molar-refractivity contribution is 6.36. The maximum absolute atomic E-state index is 11.4. The van der Waals surface area contributed by atoms with Gasteiger partial charge < -0.3 is 20.6 Å². The van der Waals surface area contributed by atoms with Gasteiger partial charge in [0.1, 0.15) is 0 Å². The van der Waals surface area contributed by atoms with Crippen LogP contribution in [-0.2, 0) is 9.59 Å². The fraction of sp³-hybridized carbons (Fsp3) is 0.200. The predicted molar refractivity (Wildman–Crippen MR) is 64.7 cm³/mol. The smallest absolute Gasteiger partial charge is 0.335 e. The fourth-order valence-electron chi connectivity index (χ4n) is 1.08. The van der Waals surface area contributed by atoms with Crippen LogP contribution in [-0.4, -0.2) is 39.4 Å². The zero-order valence-corrected chi connectivity index (χ0v) is 10.3. The molecule has 0 bridgehead atoms. The van der Waals surface area contributed by atoms with Crippen LogP contribution in [0.5, 0.6) is 0 Å². The van der Waals surface area contributed by atoms with Crippen LogP contribution in [0, 0.1) is 0 Å². The van der Waals surface area contributed by atoms with Gasteiger partial charge in [0.05, 0.1) is 10.7 Å². The molecule has 1 amide bonds. The van der Waals surface area contributed by atoms with Crippen molar-refractivity contribution in [2.45, 2.75) is 12.2 Å². The van der Waals surface area contributed by atoms with E-state index in [4.69, 9.17) is 33.4 Å². The van der Waals surface area contributed by atoms with E-state index in [-0.39, 0.29) is 10.7 Å². The van der Waals surface area contributed by atoms with Crippen LogP contribution >= 0.6 is 23.2 Å². The number of nitrogens with one attached hydrogen (secondary N) is 1. The van der Waals surface area contributed by atoms with Crippen LogP contribution in [0.15, 0.2) is 18.2 Å². The minimum Gasteiger partial charge on any atom is -0.479 e. The van der Waals surface area contributed by atoms with Gasteiger partial charge in [-0.1, -0.05) is 23.2 Å². The van der Waals surface area contributed by atoms with Gasteiger partial charge in [0.15, 0.2) is 12.2 Å². The molecule has 0 radical (unpaired) electrons. The van der Waals surface area contributed by atoms with E-state index in [9.17, 15) is 14.7 Å². The molecule has 0 aliphatic rings. The largest absolute Gasteiger partial charge is 0.479 e. The van der Waals surface area contributed by atoms with Crippen LogP contribution in [0.25, 0.3) is 0 Å². The van der Waals surface area contributed by atoms with Crippen molar-refractivity contribution in [2.24, 2.45) is 0 Å². The first-order valence-corrected chi connectivity index (χ1v) is 5.43. The highest BCUT2D eigenvalue weighted by Gasteiger charge is 2.30. The van der Waals surface area contributed by atoms with Gasteiger partial charge in [0.25, 0.3) is 5.91 Å². The maximum atomic E-state index is 11.4. The molecule has 0 aliphatic heterocycles. The maximum Gasteiger partial charge on any atom is 0.335 e. The number of carbonyl (C=O) groups is 2. The number of rotatable bonds is 4. The normalized spacial score (nSPS) is 13.8. The summed E-state index contributed by atoms with van der Waals surface area (Å²) in [6.45, 7) is 0. The lowest BCUT2D eigenvalue weighted by Gasteiger charge is -2.14. The zero-order valence-electron chi connectivity index (χ0n) is 8.80. The van der Waals surface area contributed by atoms with E-state index in [1.165, 1.54) is 18.2 Å². The summed E-state index contributed by atoms with van der Waals surface area (Å²) < 4.78 is 0. The average molecular weight is 294 g/mol. The number of carboxylic acids is 1. The van der Waals surface area contributed by atoms with Gasteiger partial charge >= 0.3 is 5.97 Å². The molecule has 1 aromatic carbocycles. The Morgan fingerprint density at radius 1 is 1.17 bits per heavy atom. The van der Waals surface area contributed by atoms with E-state index in [0.29, 0.717) is 5.02 Å². The van der Waals surface area contributed by atoms with Crippen LogP contribution in [0.2, 0.25) is 10.0 Å². The van der Waals surface area contributed by atoms with Crippen LogP contribution < -0.4 is 5.32 Å². The summed E-state index contributed by atoms with van der Waals surface area (Å²) in [7, 11) is 0. The highest BCUT2D eigenvalue weighted by Crippen LogP contribution is 2.25. The summed E-state index contributed by atoms with van der Waals surface area (Å²) in [5.41, 5.74) is 0.141. The first-order valence-electron chi connectivity index (χ1n) is 4.67. The fourth-order valence-corrected chi connectivity index (χ4v) is 1.53. The number of amides is 1. The van der Waals surface area contributed by atoms with Gasteiger partial charge in [-0.15, -0.1) is 0 Å². The Morgan fingerprint density at radius 3 is 2.28 bits per heavy atom. The van der Waals surface area contributed by atoms with E-state index in [1.54, 1.807) is 0 Å². The second kappa shape index (κ2) is 6.01. The van der Waals surface area contributed by atoms with E-state index in [2.05, 4.69) is 5.32 Å². The number of halogens is 2. The van der Waals surface area contributed by atoms with Crippen molar-refractivity contribution in [2.75, 3.05) is 5.32 Å². The summed E-state index contributed by atoms with van der Waals surface area (Å²) in [6.07, 6.45) is -4.31. The topological polar surface area (TPSA) is 107 Å². The molecule has 0 spiro atoms. The molecular weight excluding hydrogens is 285 g/mol. The van der Waals surface area contributed by atoms with Gasteiger partial charge in [-0.25, -0.2) is 4.79 Å².